The van der Waals surface area contributed by atoms with Gasteiger partial charge in [0.1, 0.15) is 5.65 Å². The Balaban J connectivity index is 1.51. The van der Waals surface area contributed by atoms with E-state index in [0.29, 0.717) is 11.5 Å². The molecular formula is C23H29N5O. The normalized spacial score (nSPS) is 21.8. The molecule has 29 heavy (non-hydrogen) atoms. The molecule has 0 aromatic carbocycles. The number of piperidine rings is 1. The van der Waals surface area contributed by atoms with Crippen molar-refractivity contribution in [3.63, 3.8) is 0 Å². The summed E-state index contributed by atoms with van der Waals surface area (Å²) in [7, 11) is 0. The fourth-order valence-corrected chi connectivity index (χ4v) is 4.68. The molecule has 2 fully saturated rings. The van der Waals surface area contributed by atoms with Crippen molar-refractivity contribution < 1.29 is 4.74 Å². The van der Waals surface area contributed by atoms with Crippen LogP contribution in [-0.2, 0) is 4.74 Å². The van der Waals surface area contributed by atoms with E-state index in [1.54, 1.807) is 0 Å². The van der Waals surface area contributed by atoms with Gasteiger partial charge in [-0.25, -0.2) is 4.98 Å². The van der Waals surface area contributed by atoms with Crippen LogP contribution in [0.15, 0.2) is 18.6 Å². The summed E-state index contributed by atoms with van der Waals surface area (Å²) in [5.74, 6) is 7.61. The zero-order valence-corrected chi connectivity index (χ0v) is 17.7. The molecule has 0 unspecified atom stereocenters. The molecule has 6 nitrogen and oxygen atoms in total. The summed E-state index contributed by atoms with van der Waals surface area (Å²) >= 11 is 0. The van der Waals surface area contributed by atoms with Gasteiger partial charge in [0.2, 0.25) is 5.95 Å². The van der Waals surface area contributed by atoms with Crippen LogP contribution >= 0.6 is 0 Å². The van der Waals surface area contributed by atoms with Gasteiger partial charge in [0.25, 0.3) is 0 Å². The number of hydrogen-bond donors (Lipinski definition) is 1. The SMILES string of the molecule is C[C@H]1CC2(CCN(c3nc4[nH]cc(C#CC(C)(C)C)c4c4nccn34)CC2)CO1. The molecule has 0 aliphatic carbocycles. The third kappa shape index (κ3) is 3.28. The topological polar surface area (TPSA) is 58.5 Å². The van der Waals surface area contributed by atoms with E-state index < -0.39 is 0 Å². The Labute approximate surface area is 171 Å². The number of ether oxygens (including phenoxy) is 1. The van der Waals surface area contributed by atoms with E-state index in [4.69, 9.17) is 9.72 Å². The van der Waals surface area contributed by atoms with Crippen molar-refractivity contribution in [2.75, 3.05) is 24.6 Å². The second-order valence-corrected chi connectivity index (χ2v) is 9.77. The first-order valence-corrected chi connectivity index (χ1v) is 10.6. The van der Waals surface area contributed by atoms with Crippen LogP contribution in [0.1, 0.15) is 52.5 Å². The van der Waals surface area contributed by atoms with Crippen molar-refractivity contribution in [1.29, 1.82) is 0 Å². The molecule has 1 N–H and O–H groups in total. The minimum atomic E-state index is -0.0477. The molecule has 0 bridgehead atoms. The zero-order chi connectivity index (χ0) is 20.2. The monoisotopic (exact) mass is 391 g/mol. The van der Waals surface area contributed by atoms with Crippen molar-refractivity contribution in [3.05, 3.63) is 24.2 Å². The minimum Gasteiger partial charge on any atom is -0.378 e. The summed E-state index contributed by atoms with van der Waals surface area (Å²) < 4.78 is 8.00. The quantitative estimate of drug-likeness (QED) is 0.637. The van der Waals surface area contributed by atoms with Crippen molar-refractivity contribution in [2.24, 2.45) is 10.8 Å². The average molecular weight is 392 g/mol. The first-order chi connectivity index (χ1) is 13.8. The summed E-state index contributed by atoms with van der Waals surface area (Å²) in [6.07, 6.45) is 9.70. The van der Waals surface area contributed by atoms with E-state index in [1.165, 1.54) is 6.42 Å². The minimum absolute atomic E-state index is 0.0477. The van der Waals surface area contributed by atoms with E-state index in [9.17, 15) is 0 Å². The largest absolute Gasteiger partial charge is 0.378 e. The van der Waals surface area contributed by atoms with Gasteiger partial charge in [-0.2, -0.15) is 4.98 Å². The molecule has 1 spiro atoms. The van der Waals surface area contributed by atoms with Gasteiger partial charge in [-0.3, -0.25) is 4.40 Å². The van der Waals surface area contributed by atoms with Crippen LogP contribution in [0.2, 0.25) is 0 Å². The molecule has 0 amide bonds. The van der Waals surface area contributed by atoms with Gasteiger partial charge in [0, 0.05) is 37.1 Å². The van der Waals surface area contributed by atoms with E-state index in [2.05, 4.69) is 58.8 Å². The summed E-state index contributed by atoms with van der Waals surface area (Å²) in [5.41, 5.74) is 3.04. The van der Waals surface area contributed by atoms with E-state index >= 15 is 0 Å². The molecule has 1 atom stereocenters. The van der Waals surface area contributed by atoms with Crippen molar-refractivity contribution in [1.82, 2.24) is 19.4 Å². The summed E-state index contributed by atoms with van der Waals surface area (Å²) in [5, 5.41) is 1.00. The van der Waals surface area contributed by atoms with Gasteiger partial charge >= 0.3 is 0 Å². The molecule has 2 saturated heterocycles. The maximum atomic E-state index is 5.88. The van der Waals surface area contributed by atoms with Crippen molar-refractivity contribution in [3.8, 4) is 11.8 Å². The second-order valence-electron chi connectivity index (χ2n) is 9.77. The van der Waals surface area contributed by atoms with Gasteiger partial charge in [-0.1, -0.05) is 11.8 Å². The first kappa shape index (κ1) is 18.5. The van der Waals surface area contributed by atoms with Crippen LogP contribution in [-0.4, -0.2) is 45.2 Å². The lowest BCUT2D eigenvalue weighted by atomic mass is 9.77. The number of nitrogens with one attached hydrogen (secondary N) is 1. The Morgan fingerprint density at radius 3 is 2.76 bits per heavy atom. The van der Waals surface area contributed by atoms with Gasteiger partial charge in [0.05, 0.1) is 23.7 Å². The number of H-pyrrole nitrogens is 1. The van der Waals surface area contributed by atoms with Gasteiger partial charge in [-0.15, -0.1) is 0 Å². The lowest BCUT2D eigenvalue weighted by Gasteiger charge is -2.39. The highest BCUT2D eigenvalue weighted by atomic mass is 16.5. The molecular weight excluding hydrogens is 362 g/mol. The van der Waals surface area contributed by atoms with Crippen LogP contribution in [0, 0.1) is 22.7 Å². The third-order valence-corrected chi connectivity index (χ3v) is 6.22. The standard InChI is InChI=1S/C23H29N5O/c1-16-13-23(15-29-16)7-10-27(11-8-23)21-26-19-18(20-24-9-12-28(20)21)17(14-25-19)5-6-22(2,3)4/h9,12,14,16,25H,7-8,10-11,13,15H2,1-4H3/t16-/m0/s1. The summed E-state index contributed by atoms with van der Waals surface area (Å²) in [6, 6.07) is 0. The lowest BCUT2D eigenvalue weighted by molar-refractivity contribution is 0.0975. The van der Waals surface area contributed by atoms with Crippen molar-refractivity contribution in [2.45, 2.75) is 53.1 Å². The highest BCUT2D eigenvalue weighted by Crippen LogP contribution is 2.42. The Morgan fingerprint density at radius 2 is 2.07 bits per heavy atom. The Bertz CT molecular complexity index is 1120. The molecule has 2 aliphatic rings. The summed E-state index contributed by atoms with van der Waals surface area (Å²) in [6.45, 7) is 11.5. The van der Waals surface area contributed by atoms with Crippen LogP contribution in [0.5, 0.6) is 0 Å². The number of nitrogens with zero attached hydrogens (tertiary/aromatic N) is 4. The number of fused-ring (bicyclic) bond motifs is 3. The lowest BCUT2D eigenvalue weighted by Crippen LogP contribution is -2.41. The van der Waals surface area contributed by atoms with Gasteiger partial charge < -0.3 is 14.6 Å². The predicted molar refractivity (Wildman–Crippen MR) is 115 cm³/mol. The Hall–Kier alpha value is -2.52. The predicted octanol–water partition coefficient (Wildman–Crippen LogP) is 4.00. The van der Waals surface area contributed by atoms with Gasteiger partial charge in [-0.05, 0) is 52.4 Å². The number of rotatable bonds is 1. The summed E-state index contributed by atoms with van der Waals surface area (Å²) in [4.78, 5) is 15.4. The molecule has 2 aliphatic heterocycles. The van der Waals surface area contributed by atoms with Crippen LogP contribution < -0.4 is 4.90 Å². The molecule has 0 radical (unpaired) electrons. The Kier molecular flexibility index (Phi) is 4.15. The highest BCUT2D eigenvalue weighted by Gasteiger charge is 2.41. The fourth-order valence-electron chi connectivity index (χ4n) is 4.68. The van der Waals surface area contributed by atoms with E-state index in [-0.39, 0.29) is 5.41 Å². The maximum absolute atomic E-state index is 5.88. The smallest absolute Gasteiger partial charge is 0.213 e. The molecule has 6 heteroatoms. The van der Waals surface area contributed by atoms with Gasteiger partial charge in [0.15, 0.2) is 5.65 Å². The molecule has 3 aromatic heterocycles. The molecule has 3 aromatic rings. The molecule has 5 heterocycles. The Morgan fingerprint density at radius 1 is 1.28 bits per heavy atom. The van der Waals surface area contributed by atoms with Crippen LogP contribution in [0.4, 0.5) is 5.95 Å². The number of aromatic nitrogens is 4. The third-order valence-electron chi connectivity index (χ3n) is 6.22. The number of imidazole rings is 1. The van der Waals surface area contributed by atoms with E-state index in [1.807, 2.05) is 18.6 Å². The van der Waals surface area contributed by atoms with Crippen LogP contribution in [0.25, 0.3) is 16.7 Å². The average Bonchev–Trinajstić information content (AvgIpc) is 3.38. The maximum Gasteiger partial charge on any atom is 0.213 e. The second kappa shape index (κ2) is 6.50. The fraction of sp³-hybridized carbons (Fsp3) is 0.565. The zero-order valence-electron chi connectivity index (χ0n) is 17.7. The molecule has 152 valence electrons. The van der Waals surface area contributed by atoms with Crippen molar-refractivity contribution >= 4 is 22.6 Å². The molecule has 0 saturated carbocycles. The number of hydrogen-bond acceptors (Lipinski definition) is 4. The van der Waals surface area contributed by atoms with E-state index in [0.717, 1.165) is 60.7 Å². The first-order valence-electron chi connectivity index (χ1n) is 10.6. The highest BCUT2D eigenvalue weighted by molar-refractivity contribution is 5.96. The number of anilines is 1. The van der Waals surface area contributed by atoms with Crippen LogP contribution in [0.3, 0.4) is 0 Å². The number of aromatic amines is 1. The molecule has 5 rings (SSSR count).